The number of halogens is 1. The van der Waals surface area contributed by atoms with Gasteiger partial charge >= 0.3 is 5.97 Å². The van der Waals surface area contributed by atoms with E-state index in [1.807, 2.05) is 0 Å². The van der Waals surface area contributed by atoms with Gasteiger partial charge in [-0.15, -0.1) is 0 Å². The summed E-state index contributed by atoms with van der Waals surface area (Å²) in [4.78, 5) is 20.5. The molecule has 2 heterocycles. The van der Waals surface area contributed by atoms with Gasteiger partial charge in [-0.05, 0) is 48.0 Å². The van der Waals surface area contributed by atoms with Crippen molar-refractivity contribution >= 4 is 5.97 Å². The van der Waals surface area contributed by atoms with Crippen LogP contribution >= 0.6 is 0 Å². The highest BCUT2D eigenvalue weighted by atomic mass is 19.1. The van der Waals surface area contributed by atoms with Crippen molar-refractivity contribution in [3.63, 3.8) is 0 Å². The summed E-state index contributed by atoms with van der Waals surface area (Å²) in [6.45, 7) is 0.0879. The van der Waals surface area contributed by atoms with Gasteiger partial charge in [0.1, 0.15) is 18.2 Å². The van der Waals surface area contributed by atoms with Gasteiger partial charge in [-0.2, -0.15) is 4.98 Å². The largest absolute Gasteiger partial charge is 0.489 e. The smallest absolute Gasteiger partial charge is 0.338 e. The molecule has 4 rings (SSSR count). The molecule has 0 fully saturated rings. The molecule has 0 bridgehead atoms. The van der Waals surface area contributed by atoms with Crippen LogP contribution in [-0.4, -0.2) is 21.1 Å². The van der Waals surface area contributed by atoms with E-state index in [1.54, 1.807) is 60.9 Å². The molecular weight excluding hydrogens is 389 g/mol. The van der Waals surface area contributed by atoms with Crippen LogP contribution in [0.4, 0.5) is 4.39 Å². The number of carbonyl (C=O) groups is 1. The fourth-order valence-corrected chi connectivity index (χ4v) is 2.60. The quantitative estimate of drug-likeness (QED) is 0.426. The van der Waals surface area contributed by atoms with E-state index in [0.29, 0.717) is 22.7 Å². The molecule has 0 aliphatic carbocycles. The molecule has 2 aromatic heterocycles. The van der Waals surface area contributed by atoms with E-state index in [9.17, 15) is 9.18 Å². The molecule has 0 aliphatic heterocycles. The summed E-state index contributed by atoms with van der Waals surface area (Å²) in [7, 11) is 0. The van der Waals surface area contributed by atoms with Crippen molar-refractivity contribution in [1.82, 2.24) is 15.1 Å². The molecule has 0 spiro atoms. The molecule has 8 heteroatoms. The van der Waals surface area contributed by atoms with Crippen LogP contribution in [0.1, 0.15) is 21.8 Å². The van der Waals surface area contributed by atoms with Gasteiger partial charge in [-0.25, -0.2) is 9.18 Å². The second kappa shape index (κ2) is 8.95. The van der Waals surface area contributed by atoms with Crippen LogP contribution in [0.2, 0.25) is 0 Å². The minimum Gasteiger partial charge on any atom is -0.489 e. The predicted octanol–water partition coefficient (Wildman–Crippen LogP) is 4.21. The van der Waals surface area contributed by atoms with Crippen molar-refractivity contribution in [2.24, 2.45) is 0 Å². The van der Waals surface area contributed by atoms with Gasteiger partial charge in [0.05, 0.1) is 5.56 Å². The highest BCUT2D eigenvalue weighted by Crippen LogP contribution is 2.18. The number of nitrogens with zero attached hydrogens (tertiary/aromatic N) is 3. The second-order valence-corrected chi connectivity index (χ2v) is 6.27. The Balaban J connectivity index is 1.34. The number of hydrogen-bond acceptors (Lipinski definition) is 7. The molecule has 0 atom stereocenters. The van der Waals surface area contributed by atoms with Crippen molar-refractivity contribution in [1.29, 1.82) is 0 Å². The zero-order valence-corrected chi connectivity index (χ0v) is 15.7. The lowest BCUT2D eigenvalue weighted by molar-refractivity contribution is 0.0429. The zero-order chi connectivity index (χ0) is 20.8. The number of carbonyl (C=O) groups excluding carboxylic acids is 1. The number of aromatic nitrogens is 3. The second-order valence-electron chi connectivity index (χ2n) is 6.27. The number of rotatable bonds is 7. The lowest BCUT2D eigenvalue weighted by atomic mass is 10.2. The third-order valence-corrected chi connectivity index (χ3v) is 4.10. The van der Waals surface area contributed by atoms with Crippen molar-refractivity contribution < 1.29 is 23.2 Å². The molecule has 0 amide bonds. The predicted molar refractivity (Wildman–Crippen MR) is 104 cm³/mol. The van der Waals surface area contributed by atoms with Crippen LogP contribution in [0, 0.1) is 5.82 Å². The van der Waals surface area contributed by atoms with Gasteiger partial charge in [0.25, 0.3) is 5.89 Å². The summed E-state index contributed by atoms with van der Waals surface area (Å²) in [5.41, 5.74) is 1.83. The molecule has 0 saturated carbocycles. The minimum atomic E-state index is -0.552. The Kier molecular flexibility index (Phi) is 5.75. The Morgan fingerprint density at radius 1 is 1.03 bits per heavy atom. The molecule has 7 nitrogen and oxygen atoms in total. The Morgan fingerprint density at radius 2 is 1.90 bits per heavy atom. The minimum absolute atomic E-state index is 0.160. The van der Waals surface area contributed by atoms with Gasteiger partial charge in [0, 0.05) is 18.0 Å². The highest BCUT2D eigenvalue weighted by Gasteiger charge is 2.13. The van der Waals surface area contributed by atoms with E-state index < -0.39 is 5.97 Å². The zero-order valence-electron chi connectivity index (χ0n) is 15.7. The fourth-order valence-electron chi connectivity index (χ4n) is 2.60. The Labute approximate surface area is 171 Å². The van der Waals surface area contributed by atoms with Gasteiger partial charge < -0.3 is 14.0 Å². The maximum Gasteiger partial charge on any atom is 0.338 e. The van der Waals surface area contributed by atoms with E-state index in [4.69, 9.17) is 14.0 Å². The van der Waals surface area contributed by atoms with Crippen LogP contribution in [0.25, 0.3) is 11.4 Å². The third-order valence-electron chi connectivity index (χ3n) is 4.10. The first kappa shape index (κ1) is 19.3. The molecule has 150 valence electrons. The van der Waals surface area contributed by atoms with Crippen molar-refractivity contribution in [2.75, 3.05) is 0 Å². The molecular formula is C22H16FN3O4. The van der Waals surface area contributed by atoms with Gasteiger partial charge in [-0.1, -0.05) is 23.4 Å². The van der Waals surface area contributed by atoms with Crippen LogP contribution in [0.3, 0.4) is 0 Å². The molecule has 2 aromatic carbocycles. The fraction of sp³-hybridized carbons (Fsp3) is 0.0909. The standard InChI is InChI=1S/C22H16FN3O4/c23-18-8-6-15(7-9-18)13-28-19-5-1-3-16(11-19)22(27)29-14-20-25-21(26-30-20)17-4-2-10-24-12-17/h1-12H,13-14H2. The Hall–Kier alpha value is -4.07. The van der Waals surface area contributed by atoms with Crippen LogP contribution < -0.4 is 4.74 Å². The molecule has 4 aromatic rings. The van der Waals surface area contributed by atoms with Crippen molar-refractivity contribution in [3.05, 3.63) is 95.9 Å². The maximum atomic E-state index is 13.0. The molecule has 30 heavy (non-hydrogen) atoms. The Morgan fingerprint density at radius 3 is 2.70 bits per heavy atom. The van der Waals surface area contributed by atoms with E-state index in [2.05, 4.69) is 15.1 Å². The van der Waals surface area contributed by atoms with E-state index >= 15 is 0 Å². The number of pyridine rings is 1. The first-order valence-electron chi connectivity index (χ1n) is 9.05. The summed E-state index contributed by atoms with van der Waals surface area (Å²) < 4.78 is 29.0. The number of ether oxygens (including phenoxy) is 2. The SMILES string of the molecule is O=C(OCc1nc(-c2cccnc2)no1)c1cccc(OCc2ccc(F)cc2)c1. The lowest BCUT2D eigenvalue weighted by Crippen LogP contribution is -2.06. The first-order chi connectivity index (χ1) is 14.7. The maximum absolute atomic E-state index is 13.0. The normalized spacial score (nSPS) is 10.6. The Bertz CT molecular complexity index is 1130. The summed E-state index contributed by atoms with van der Waals surface area (Å²) in [6.07, 6.45) is 3.25. The van der Waals surface area contributed by atoms with Crippen LogP contribution in [-0.2, 0) is 18.0 Å². The monoisotopic (exact) mass is 405 g/mol. The number of hydrogen-bond donors (Lipinski definition) is 0. The van der Waals surface area contributed by atoms with E-state index in [0.717, 1.165) is 5.56 Å². The number of esters is 1. The topological polar surface area (TPSA) is 87.3 Å². The van der Waals surface area contributed by atoms with Gasteiger partial charge in [-0.3, -0.25) is 4.98 Å². The number of benzene rings is 2. The molecule has 0 unspecified atom stereocenters. The average molecular weight is 405 g/mol. The average Bonchev–Trinajstić information content (AvgIpc) is 3.27. The van der Waals surface area contributed by atoms with E-state index in [1.165, 1.54) is 12.1 Å². The van der Waals surface area contributed by atoms with Crippen LogP contribution in [0.5, 0.6) is 5.75 Å². The van der Waals surface area contributed by atoms with E-state index in [-0.39, 0.29) is 24.9 Å². The molecule has 0 radical (unpaired) electrons. The van der Waals surface area contributed by atoms with Crippen molar-refractivity contribution in [3.8, 4) is 17.1 Å². The highest BCUT2D eigenvalue weighted by molar-refractivity contribution is 5.89. The molecule has 0 aliphatic rings. The summed E-state index contributed by atoms with van der Waals surface area (Å²) in [5, 5.41) is 3.85. The summed E-state index contributed by atoms with van der Waals surface area (Å²) >= 11 is 0. The van der Waals surface area contributed by atoms with Crippen molar-refractivity contribution in [2.45, 2.75) is 13.2 Å². The first-order valence-corrected chi connectivity index (χ1v) is 9.05. The van der Waals surface area contributed by atoms with Crippen LogP contribution in [0.15, 0.2) is 77.6 Å². The van der Waals surface area contributed by atoms with Gasteiger partial charge in [0.15, 0.2) is 6.61 Å². The summed E-state index contributed by atoms with van der Waals surface area (Å²) in [5.74, 6) is 0.169. The lowest BCUT2D eigenvalue weighted by Gasteiger charge is -2.08. The van der Waals surface area contributed by atoms with Gasteiger partial charge in [0.2, 0.25) is 5.82 Å². The summed E-state index contributed by atoms with van der Waals surface area (Å²) in [6, 6.07) is 16.1. The molecule has 0 saturated heterocycles. The molecule has 0 N–H and O–H groups in total. The third kappa shape index (κ3) is 4.85.